The summed E-state index contributed by atoms with van der Waals surface area (Å²) in [4.78, 5) is 33.8. The van der Waals surface area contributed by atoms with Crippen LogP contribution in [-0.2, 0) is 6.42 Å². The van der Waals surface area contributed by atoms with E-state index in [1.165, 1.54) is 24.4 Å². The van der Waals surface area contributed by atoms with Crippen LogP contribution >= 0.6 is 0 Å². The molecule has 2 aromatic rings. The van der Waals surface area contributed by atoms with Gasteiger partial charge in [-0.2, -0.15) is 13.2 Å². The van der Waals surface area contributed by atoms with Gasteiger partial charge >= 0.3 is 12.1 Å². The lowest BCUT2D eigenvalue weighted by atomic mass is 10.0. The van der Waals surface area contributed by atoms with Crippen LogP contribution in [0.15, 0.2) is 30.5 Å². The van der Waals surface area contributed by atoms with Crippen LogP contribution in [0.2, 0.25) is 0 Å². The molecule has 0 saturated carbocycles. The molecule has 0 radical (unpaired) electrons. The van der Waals surface area contributed by atoms with Crippen molar-refractivity contribution in [3.05, 3.63) is 47.4 Å². The van der Waals surface area contributed by atoms with Crippen molar-refractivity contribution in [1.82, 2.24) is 15.3 Å². The maximum atomic E-state index is 13.6. The first kappa shape index (κ1) is 20.9. The molecule has 8 nitrogen and oxygen atoms in total. The van der Waals surface area contributed by atoms with Crippen LogP contribution < -0.4 is 15.5 Å². The standard InChI is InChI=1S/C20H20F3N5O3/c21-20(22,23)15(6-3-11-2-1-8-24-16(11)19(30)31)27-18(29)13-4-5-14-17(26-13)25-12-7-9-28(14)10-12/h1-2,4-5,8,12,15H,3,6-7,9-10H2,(H,25,26)(H,27,29)(H,30,31)/t12-,15+/m0/s1. The lowest BCUT2D eigenvalue weighted by Crippen LogP contribution is -2.46. The van der Waals surface area contributed by atoms with Gasteiger partial charge in [0.15, 0.2) is 11.5 Å². The highest BCUT2D eigenvalue weighted by atomic mass is 19.4. The molecule has 31 heavy (non-hydrogen) atoms. The second kappa shape index (κ2) is 8.05. The summed E-state index contributed by atoms with van der Waals surface area (Å²) in [6.45, 7) is 1.70. The topological polar surface area (TPSA) is 107 Å². The van der Waals surface area contributed by atoms with Crippen molar-refractivity contribution in [3.63, 3.8) is 0 Å². The van der Waals surface area contributed by atoms with E-state index in [1.54, 1.807) is 6.07 Å². The summed E-state index contributed by atoms with van der Waals surface area (Å²) < 4.78 is 40.7. The molecule has 2 aromatic heterocycles. The van der Waals surface area contributed by atoms with Gasteiger partial charge in [-0.15, -0.1) is 0 Å². The van der Waals surface area contributed by atoms with Gasteiger partial charge < -0.3 is 20.6 Å². The van der Waals surface area contributed by atoms with Gasteiger partial charge in [0.2, 0.25) is 0 Å². The van der Waals surface area contributed by atoms with Crippen LogP contribution in [0.5, 0.6) is 0 Å². The molecule has 3 N–H and O–H groups in total. The van der Waals surface area contributed by atoms with Crippen molar-refractivity contribution in [2.45, 2.75) is 37.5 Å². The van der Waals surface area contributed by atoms with Crippen LogP contribution in [0.4, 0.5) is 24.7 Å². The SMILES string of the molecule is O=C(N[C@H](CCc1cccnc1C(=O)O)C(F)(F)F)c1ccc2c(n1)N[C@H]1CCN2C1. The maximum absolute atomic E-state index is 13.6. The minimum Gasteiger partial charge on any atom is -0.477 e. The van der Waals surface area contributed by atoms with Crippen LogP contribution in [0.25, 0.3) is 0 Å². The van der Waals surface area contributed by atoms with E-state index in [2.05, 4.69) is 20.2 Å². The molecule has 4 rings (SSSR count). The summed E-state index contributed by atoms with van der Waals surface area (Å²) in [6.07, 6.45) is -3.26. The zero-order valence-electron chi connectivity index (χ0n) is 16.3. The zero-order chi connectivity index (χ0) is 22.2. The number of anilines is 2. The maximum Gasteiger partial charge on any atom is 0.408 e. The zero-order valence-corrected chi connectivity index (χ0v) is 16.3. The minimum absolute atomic E-state index is 0.115. The molecular formula is C20H20F3N5O3. The average Bonchev–Trinajstić information content (AvgIpc) is 3.11. The Hall–Kier alpha value is -3.37. The van der Waals surface area contributed by atoms with Gasteiger partial charge in [0.25, 0.3) is 5.91 Å². The fourth-order valence-electron chi connectivity index (χ4n) is 3.91. The molecule has 2 atom stereocenters. The Morgan fingerprint density at radius 2 is 2.13 bits per heavy atom. The van der Waals surface area contributed by atoms with E-state index in [0.717, 1.165) is 25.2 Å². The Balaban J connectivity index is 1.48. The number of halogens is 3. The highest BCUT2D eigenvalue weighted by Gasteiger charge is 2.41. The summed E-state index contributed by atoms with van der Waals surface area (Å²) in [5.74, 6) is -1.77. The van der Waals surface area contributed by atoms with E-state index in [4.69, 9.17) is 5.11 Å². The Morgan fingerprint density at radius 1 is 1.32 bits per heavy atom. The number of carboxylic acid groups (broad SMARTS) is 1. The molecule has 0 spiro atoms. The predicted molar refractivity (Wildman–Crippen MR) is 105 cm³/mol. The molecule has 4 heterocycles. The highest BCUT2D eigenvalue weighted by molar-refractivity contribution is 5.94. The minimum atomic E-state index is -4.71. The fraction of sp³-hybridized carbons (Fsp3) is 0.400. The molecule has 1 saturated heterocycles. The van der Waals surface area contributed by atoms with E-state index in [1.807, 2.05) is 5.32 Å². The first-order chi connectivity index (χ1) is 14.7. The number of pyridine rings is 2. The molecule has 1 amide bonds. The fourth-order valence-corrected chi connectivity index (χ4v) is 3.91. The first-order valence-electron chi connectivity index (χ1n) is 9.79. The molecule has 1 fully saturated rings. The number of aromatic carboxylic acids is 1. The number of aromatic nitrogens is 2. The number of hydrogen-bond acceptors (Lipinski definition) is 6. The molecule has 0 aliphatic carbocycles. The first-order valence-corrected chi connectivity index (χ1v) is 9.79. The number of alkyl halides is 3. The Bertz CT molecular complexity index is 1010. The van der Waals surface area contributed by atoms with Gasteiger partial charge in [-0.3, -0.25) is 4.79 Å². The van der Waals surface area contributed by atoms with E-state index in [-0.39, 0.29) is 29.4 Å². The average molecular weight is 435 g/mol. The third kappa shape index (κ3) is 4.39. The van der Waals surface area contributed by atoms with Gasteiger partial charge in [-0.05, 0) is 43.0 Å². The van der Waals surface area contributed by atoms with E-state index < -0.39 is 30.5 Å². The van der Waals surface area contributed by atoms with Gasteiger partial charge in [0, 0.05) is 25.3 Å². The molecular weight excluding hydrogens is 415 g/mol. The van der Waals surface area contributed by atoms with Gasteiger partial charge in [0.05, 0.1) is 5.69 Å². The highest BCUT2D eigenvalue weighted by Crippen LogP contribution is 2.34. The normalized spacial score (nSPS) is 18.2. The predicted octanol–water partition coefficient (Wildman–Crippen LogP) is 2.47. The molecule has 2 aliphatic heterocycles. The second-order valence-corrected chi connectivity index (χ2v) is 7.56. The lowest BCUT2D eigenvalue weighted by Gasteiger charge is -2.28. The van der Waals surface area contributed by atoms with E-state index >= 15 is 0 Å². The number of rotatable bonds is 6. The number of carbonyl (C=O) groups is 2. The summed E-state index contributed by atoms with van der Waals surface area (Å²) in [5.41, 5.74) is 0.576. The van der Waals surface area contributed by atoms with Crippen molar-refractivity contribution in [2.75, 3.05) is 23.3 Å². The van der Waals surface area contributed by atoms with Gasteiger partial charge in [0.1, 0.15) is 11.7 Å². The lowest BCUT2D eigenvalue weighted by molar-refractivity contribution is -0.154. The van der Waals surface area contributed by atoms with Crippen LogP contribution in [-0.4, -0.2) is 58.3 Å². The number of aryl methyl sites for hydroxylation is 1. The largest absolute Gasteiger partial charge is 0.477 e. The Morgan fingerprint density at radius 3 is 2.87 bits per heavy atom. The van der Waals surface area contributed by atoms with Crippen LogP contribution in [0, 0.1) is 0 Å². The van der Waals surface area contributed by atoms with E-state index in [0.29, 0.717) is 5.82 Å². The quantitative estimate of drug-likeness (QED) is 0.640. The molecule has 11 heteroatoms. The van der Waals surface area contributed by atoms with Crippen molar-refractivity contribution >= 4 is 23.4 Å². The third-order valence-corrected chi connectivity index (χ3v) is 5.47. The van der Waals surface area contributed by atoms with Crippen molar-refractivity contribution in [1.29, 1.82) is 0 Å². The monoisotopic (exact) mass is 435 g/mol. The van der Waals surface area contributed by atoms with Crippen LogP contribution in [0.1, 0.15) is 39.4 Å². The smallest absolute Gasteiger partial charge is 0.408 e. The number of nitrogens with zero attached hydrogens (tertiary/aromatic N) is 3. The molecule has 0 unspecified atom stereocenters. The number of carbonyl (C=O) groups excluding carboxylic acids is 1. The van der Waals surface area contributed by atoms with Crippen LogP contribution in [0.3, 0.4) is 0 Å². The van der Waals surface area contributed by atoms with Crippen molar-refractivity contribution < 1.29 is 27.9 Å². The number of nitrogens with one attached hydrogen (secondary N) is 2. The molecule has 164 valence electrons. The van der Waals surface area contributed by atoms with E-state index in [9.17, 15) is 22.8 Å². The summed E-state index contributed by atoms with van der Waals surface area (Å²) in [7, 11) is 0. The molecule has 2 aliphatic rings. The number of carboxylic acids is 1. The summed E-state index contributed by atoms with van der Waals surface area (Å²) in [5, 5.41) is 14.4. The van der Waals surface area contributed by atoms with Crippen molar-refractivity contribution in [3.8, 4) is 0 Å². The number of fused-ring (bicyclic) bond motifs is 4. The Labute approximate surface area is 175 Å². The third-order valence-electron chi connectivity index (χ3n) is 5.47. The van der Waals surface area contributed by atoms with Gasteiger partial charge in [-0.1, -0.05) is 6.07 Å². The Kier molecular flexibility index (Phi) is 5.42. The van der Waals surface area contributed by atoms with Gasteiger partial charge in [-0.25, -0.2) is 14.8 Å². The molecule has 2 bridgehead atoms. The summed E-state index contributed by atoms with van der Waals surface area (Å²) in [6, 6.07) is 4.01. The second-order valence-electron chi connectivity index (χ2n) is 7.56. The molecule has 0 aromatic carbocycles. The number of amides is 1. The van der Waals surface area contributed by atoms with Crippen molar-refractivity contribution in [2.24, 2.45) is 0 Å². The number of hydrogen-bond donors (Lipinski definition) is 3. The summed E-state index contributed by atoms with van der Waals surface area (Å²) >= 11 is 0.